The first kappa shape index (κ1) is 18.7. The van der Waals surface area contributed by atoms with Crippen LogP contribution in [0.2, 0.25) is 0 Å². The van der Waals surface area contributed by atoms with E-state index in [1.54, 1.807) is 16.8 Å². The molecular weight excluding hydrogens is 312 g/mol. The molecule has 0 saturated heterocycles. The number of carbonyl (C=O) groups excluding carboxylic acids is 2. The summed E-state index contributed by atoms with van der Waals surface area (Å²) < 4.78 is 0. The topological polar surface area (TPSA) is 40.6 Å². The smallest absolute Gasteiger partial charge is 0.242 e. The fourth-order valence-corrected chi connectivity index (χ4v) is 2.94. The van der Waals surface area contributed by atoms with Gasteiger partial charge in [-0.2, -0.15) is 0 Å². The Morgan fingerprint density at radius 1 is 1.00 bits per heavy atom. The number of benzene rings is 2. The monoisotopic (exact) mass is 338 g/mol. The first-order chi connectivity index (χ1) is 11.9. The van der Waals surface area contributed by atoms with Gasteiger partial charge in [-0.15, -0.1) is 0 Å². The van der Waals surface area contributed by atoms with Crippen LogP contribution in [0.4, 0.5) is 5.69 Å². The molecule has 0 aromatic heterocycles. The molecule has 0 aliphatic rings. The third-order valence-corrected chi connectivity index (χ3v) is 4.33. The van der Waals surface area contributed by atoms with Crippen LogP contribution >= 0.6 is 0 Å². The van der Waals surface area contributed by atoms with Crippen molar-refractivity contribution < 1.29 is 9.59 Å². The van der Waals surface area contributed by atoms with Crippen molar-refractivity contribution in [2.45, 2.75) is 33.7 Å². The third-order valence-electron chi connectivity index (χ3n) is 4.33. The van der Waals surface area contributed by atoms with Crippen molar-refractivity contribution in [1.82, 2.24) is 4.90 Å². The van der Waals surface area contributed by atoms with E-state index < -0.39 is 0 Å². The van der Waals surface area contributed by atoms with E-state index in [4.69, 9.17) is 0 Å². The summed E-state index contributed by atoms with van der Waals surface area (Å²) in [5, 5.41) is 0. The van der Waals surface area contributed by atoms with Crippen molar-refractivity contribution in [3.05, 3.63) is 65.2 Å². The van der Waals surface area contributed by atoms with Gasteiger partial charge in [0.25, 0.3) is 0 Å². The average Bonchev–Trinajstić information content (AvgIpc) is 2.60. The Morgan fingerprint density at radius 2 is 1.68 bits per heavy atom. The molecule has 0 atom stereocenters. The maximum atomic E-state index is 12.7. The van der Waals surface area contributed by atoms with Crippen molar-refractivity contribution in [2.75, 3.05) is 18.5 Å². The molecule has 0 bridgehead atoms. The second-order valence-electron chi connectivity index (χ2n) is 6.28. The predicted molar refractivity (Wildman–Crippen MR) is 102 cm³/mol. The molecule has 0 saturated carbocycles. The largest absolute Gasteiger partial charge is 0.340 e. The van der Waals surface area contributed by atoms with Crippen molar-refractivity contribution in [3.8, 4) is 0 Å². The standard InChI is InChI=1S/C21H26N2O2/c1-5-19-13-9-10-16(2)21(19)23(17(3)24)15-20(25)22(4)14-18-11-7-6-8-12-18/h6-13H,5,14-15H2,1-4H3. The Balaban J connectivity index is 2.19. The normalized spacial score (nSPS) is 10.4. The van der Waals surface area contributed by atoms with Crippen LogP contribution in [0.15, 0.2) is 48.5 Å². The van der Waals surface area contributed by atoms with Crippen molar-refractivity contribution >= 4 is 17.5 Å². The summed E-state index contributed by atoms with van der Waals surface area (Å²) in [6.07, 6.45) is 0.814. The molecule has 2 amide bonds. The molecule has 0 aliphatic carbocycles. The van der Waals surface area contributed by atoms with Gasteiger partial charge in [-0.3, -0.25) is 9.59 Å². The number of hydrogen-bond acceptors (Lipinski definition) is 2. The summed E-state index contributed by atoms with van der Waals surface area (Å²) in [7, 11) is 1.77. The molecule has 0 spiro atoms. The van der Waals surface area contributed by atoms with E-state index in [-0.39, 0.29) is 18.4 Å². The second kappa shape index (κ2) is 8.47. The lowest BCUT2D eigenvalue weighted by Gasteiger charge is -2.27. The lowest BCUT2D eigenvalue weighted by Crippen LogP contribution is -2.41. The molecule has 0 aliphatic heterocycles. The van der Waals surface area contributed by atoms with Crippen LogP contribution in [-0.4, -0.2) is 30.3 Å². The summed E-state index contributed by atoms with van der Waals surface area (Å²) in [4.78, 5) is 28.2. The maximum Gasteiger partial charge on any atom is 0.242 e. The number of hydrogen-bond donors (Lipinski definition) is 0. The van der Waals surface area contributed by atoms with Crippen LogP contribution in [0.25, 0.3) is 0 Å². The van der Waals surface area contributed by atoms with E-state index in [0.29, 0.717) is 6.54 Å². The number of carbonyl (C=O) groups is 2. The van der Waals surface area contributed by atoms with Gasteiger partial charge in [0.2, 0.25) is 11.8 Å². The molecule has 25 heavy (non-hydrogen) atoms. The first-order valence-electron chi connectivity index (χ1n) is 8.58. The van der Waals surface area contributed by atoms with Gasteiger partial charge in [-0.05, 0) is 30.0 Å². The van der Waals surface area contributed by atoms with Crippen LogP contribution < -0.4 is 4.90 Å². The Labute approximate surface area is 150 Å². The zero-order valence-corrected chi connectivity index (χ0v) is 15.5. The van der Waals surface area contributed by atoms with Crippen LogP contribution in [0.3, 0.4) is 0 Å². The molecular formula is C21H26N2O2. The quantitative estimate of drug-likeness (QED) is 0.808. The Morgan fingerprint density at radius 3 is 2.28 bits per heavy atom. The van der Waals surface area contributed by atoms with Crippen molar-refractivity contribution in [3.63, 3.8) is 0 Å². The number of likely N-dealkylation sites (N-methyl/N-ethyl adjacent to an activating group) is 1. The highest BCUT2D eigenvalue weighted by Crippen LogP contribution is 2.26. The minimum absolute atomic E-state index is 0.0521. The summed E-state index contributed by atoms with van der Waals surface area (Å²) >= 11 is 0. The molecule has 0 N–H and O–H groups in total. The summed E-state index contributed by atoms with van der Waals surface area (Å²) in [6.45, 7) is 6.12. The van der Waals surface area contributed by atoms with E-state index in [0.717, 1.165) is 28.8 Å². The summed E-state index contributed by atoms with van der Waals surface area (Å²) in [6, 6.07) is 15.8. The number of para-hydroxylation sites is 1. The highest BCUT2D eigenvalue weighted by molar-refractivity contribution is 5.98. The van der Waals surface area contributed by atoms with Crippen molar-refractivity contribution in [2.24, 2.45) is 0 Å². The van der Waals surface area contributed by atoms with E-state index >= 15 is 0 Å². The molecule has 0 unspecified atom stereocenters. The van der Waals surface area contributed by atoms with Gasteiger partial charge in [0, 0.05) is 20.5 Å². The first-order valence-corrected chi connectivity index (χ1v) is 8.58. The third kappa shape index (κ3) is 4.69. The van der Waals surface area contributed by atoms with E-state index in [9.17, 15) is 9.59 Å². The van der Waals surface area contributed by atoms with Crippen LogP contribution in [0, 0.1) is 6.92 Å². The Bertz CT molecular complexity index is 741. The zero-order chi connectivity index (χ0) is 18.4. The molecule has 2 aromatic carbocycles. The fraction of sp³-hybridized carbons (Fsp3) is 0.333. The zero-order valence-electron chi connectivity index (χ0n) is 15.5. The highest BCUT2D eigenvalue weighted by Gasteiger charge is 2.21. The predicted octanol–water partition coefficient (Wildman–Crippen LogP) is 3.57. The highest BCUT2D eigenvalue weighted by atomic mass is 16.2. The van der Waals surface area contributed by atoms with Crippen molar-refractivity contribution in [1.29, 1.82) is 0 Å². The number of rotatable bonds is 6. The molecule has 4 nitrogen and oxygen atoms in total. The van der Waals surface area contributed by atoms with Gasteiger partial charge in [0.05, 0.1) is 5.69 Å². The number of anilines is 1. The van der Waals surface area contributed by atoms with Gasteiger partial charge in [0.1, 0.15) is 6.54 Å². The lowest BCUT2D eigenvalue weighted by molar-refractivity contribution is -0.130. The van der Waals surface area contributed by atoms with Gasteiger partial charge >= 0.3 is 0 Å². The maximum absolute atomic E-state index is 12.7. The van der Waals surface area contributed by atoms with Crippen LogP contribution in [0.1, 0.15) is 30.5 Å². The van der Waals surface area contributed by atoms with Gasteiger partial charge in [-0.25, -0.2) is 0 Å². The molecule has 0 heterocycles. The van der Waals surface area contributed by atoms with Crippen LogP contribution in [0.5, 0.6) is 0 Å². The Kier molecular flexibility index (Phi) is 6.34. The molecule has 0 fully saturated rings. The van der Waals surface area contributed by atoms with Crippen LogP contribution in [-0.2, 0) is 22.6 Å². The Hall–Kier alpha value is -2.62. The van der Waals surface area contributed by atoms with E-state index in [1.807, 2.05) is 55.5 Å². The second-order valence-corrected chi connectivity index (χ2v) is 6.28. The molecule has 2 aromatic rings. The van der Waals surface area contributed by atoms with Gasteiger partial charge < -0.3 is 9.80 Å². The molecule has 132 valence electrons. The SMILES string of the molecule is CCc1cccc(C)c1N(CC(=O)N(C)Cc1ccccc1)C(C)=O. The lowest BCUT2D eigenvalue weighted by atomic mass is 10.0. The minimum atomic E-state index is -0.120. The molecule has 2 rings (SSSR count). The molecule has 0 radical (unpaired) electrons. The average molecular weight is 338 g/mol. The molecule has 4 heteroatoms. The summed E-state index contributed by atoms with van der Waals surface area (Å²) in [5.74, 6) is -0.199. The number of amides is 2. The summed E-state index contributed by atoms with van der Waals surface area (Å²) in [5.41, 5.74) is 4.01. The van der Waals surface area contributed by atoms with E-state index in [2.05, 4.69) is 6.92 Å². The minimum Gasteiger partial charge on any atom is -0.340 e. The number of nitrogens with zero attached hydrogens (tertiary/aromatic N) is 2. The van der Waals surface area contributed by atoms with E-state index in [1.165, 1.54) is 6.92 Å². The number of aryl methyl sites for hydroxylation is 2. The fourth-order valence-electron chi connectivity index (χ4n) is 2.94. The van der Waals surface area contributed by atoms with Gasteiger partial charge in [-0.1, -0.05) is 55.5 Å². The van der Waals surface area contributed by atoms with Gasteiger partial charge in [0.15, 0.2) is 0 Å².